The van der Waals surface area contributed by atoms with Crippen LogP contribution in [0.2, 0.25) is 0 Å². The van der Waals surface area contributed by atoms with Gasteiger partial charge in [-0.25, -0.2) is 0 Å². The van der Waals surface area contributed by atoms with Crippen LogP contribution in [0.4, 0.5) is 0 Å². The van der Waals surface area contributed by atoms with E-state index in [1.54, 1.807) is 11.1 Å². The maximum Gasteiger partial charge on any atom is -0.0219 e. The minimum Gasteiger partial charge on any atom is -0.0593 e. The normalized spacial score (nSPS) is 18.8. The third-order valence-corrected chi connectivity index (χ3v) is 3.21. The van der Waals surface area contributed by atoms with E-state index >= 15 is 0 Å². The molecule has 70 valence electrons. The SMILES string of the molecule is Cc1ccc(C)c2c1CC(C)(C)C2. The molecule has 0 radical (unpaired) electrons. The first-order valence-corrected chi connectivity index (χ1v) is 5.07. The van der Waals surface area contributed by atoms with E-state index in [1.165, 1.54) is 24.0 Å². The first-order valence-electron chi connectivity index (χ1n) is 5.07. The summed E-state index contributed by atoms with van der Waals surface area (Å²) in [7, 11) is 0. The summed E-state index contributed by atoms with van der Waals surface area (Å²) in [5.41, 5.74) is 6.67. The van der Waals surface area contributed by atoms with Gasteiger partial charge in [-0.05, 0) is 54.4 Å². The second kappa shape index (κ2) is 2.60. The van der Waals surface area contributed by atoms with E-state index in [9.17, 15) is 0 Å². The Labute approximate surface area is 81.0 Å². The molecule has 1 aromatic rings. The van der Waals surface area contributed by atoms with Gasteiger partial charge in [0.15, 0.2) is 0 Å². The van der Waals surface area contributed by atoms with Crippen molar-refractivity contribution in [3.05, 3.63) is 34.4 Å². The van der Waals surface area contributed by atoms with Crippen LogP contribution < -0.4 is 0 Å². The van der Waals surface area contributed by atoms with Crippen molar-refractivity contribution in [3.63, 3.8) is 0 Å². The van der Waals surface area contributed by atoms with Crippen LogP contribution in [0.25, 0.3) is 0 Å². The largest absolute Gasteiger partial charge is 0.0593 e. The molecule has 0 aromatic heterocycles. The molecule has 0 aliphatic heterocycles. The van der Waals surface area contributed by atoms with Gasteiger partial charge >= 0.3 is 0 Å². The van der Waals surface area contributed by atoms with Crippen LogP contribution in [0.15, 0.2) is 12.1 Å². The van der Waals surface area contributed by atoms with Gasteiger partial charge in [-0.15, -0.1) is 0 Å². The van der Waals surface area contributed by atoms with Crippen molar-refractivity contribution in [2.24, 2.45) is 5.41 Å². The van der Waals surface area contributed by atoms with E-state index in [0.29, 0.717) is 5.41 Å². The first kappa shape index (κ1) is 8.80. The molecule has 0 saturated heterocycles. The standard InChI is InChI=1S/C13H18/c1-9-5-6-10(2)12-8-13(3,4)7-11(9)12/h5-6H,7-8H2,1-4H3. The molecule has 0 amide bonds. The lowest BCUT2D eigenvalue weighted by Gasteiger charge is -2.15. The second-order valence-corrected chi connectivity index (χ2v) is 5.17. The zero-order valence-electron chi connectivity index (χ0n) is 9.07. The Morgan fingerprint density at radius 2 is 1.31 bits per heavy atom. The molecule has 1 aromatic carbocycles. The van der Waals surface area contributed by atoms with Crippen molar-refractivity contribution in [2.45, 2.75) is 40.5 Å². The Bertz CT molecular complexity index is 312. The minimum absolute atomic E-state index is 0.485. The summed E-state index contributed by atoms with van der Waals surface area (Å²) in [6.45, 7) is 9.21. The van der Waals surface area contributed by atoms with E-state index in [-0.39, 0.29) is 0 Å². The topological polar surface area (TPSA) is 0 Å². The number of rotatable bonds is 0. The van der Waals surface area contributed by atoms with Crippen molar-refractivity contribution in [2.75, 3.05) is 0 Å². The molecule has 0 spiro atoms. The van der Waals surface area contributed by atoms with Crippen LogP contribution in [-0.4, -0.2) is 0 Å². The number of fused-ring (bicyclic) bond motifs is 1. The van der Waals surface area contributed by atoms with Crippen molar-refractivity contribution in [1.29, 1.82) is 0 Å². The molecule has 0 bridgehead atoms. The van der Waals surface area contributed by atoms with Gasteiger partial charge in [0.05, 0.1) is 0 Å². The summed E-state index contributed by atoms with van der Waals surface area (Å²) in [6, 6.07) is 4.52. The summed E-state index contributed by atoms with van der Waals surface area (Å²) in [6.07, 6.45) is 2.52. The second-order valence-electron chi connectivity index (χ2n) is 5.17. The molecule has 0 nitrogen and oxygen atoms in total. The predicted molar refractivity (Wildman–Crippen MR) is 57.1 cm³/mol. The van der Waals surface area contributed by atoms with Gasteiger partial charge in [0, 0.05) is 0 Å². The van der Waals surface area contributed by atoms with Gasteiger partial charge in [0.2, 0.25) is 0 Å². The molecule has 1 aliphatic rings. The molecule has 0 heterocycles. The fourth-order valence-electron chi connectivity index (χ4n) is 2.44. The van der Waals surface area contributed by atoms with Crippen LogP contribution in [0, 0.1) is 19.3 Å². The van der Waals surface area contributed by atoms with Crippen molar-refractivity contribution in [1.82, 2.24) is 0 Å². The molecule has 0 saturated carbocycles. The van der Waals surface area contributed by atoms with Gasteiger partial charge in [-0.3, -0.25) is 0 Å². The van der Waals surface area contributed by atoms with E-state index in [1.807, 2.05) is 0 Å². The maximum atomic E-state index is 2.37. The molecule has 0 heteroatoms. The summed E-state index contributed by atoms with van der Waals surface area (Å²) in [4.78, 5) is 0. The fraction of sp³-hybridized carbons (Fsp3) is 0.538. The third kappa shape index (κ3) is 1.39. The average molecular weight is 174 g/mol. The highest BCUT2D eigenvalue weighted by Gasteiger charge is 2.29. The monoisotopic (exact) mass is 174 g/mol. The Morgan fingerprint density at radius 1 is 0.923 bits per heavy atom. The molecular formula is C13H18. The molecule has 0 atom stereocenters. The number of hydrogen-bond donors (Lipinski definition) is 0. The lowest BCUT2D eigenvalue weighted by molar-refractivity contribution is 0.392. The van der Waals surface area contributed by atoms with E-state index in [0.717, 1.165) is 0 Å². The quantitative estimate of drug-likeness (QED) is 0.565. The van der Waals surface area contributed by atoms with Crippen molar-refractivity contribution in [3.8, 4) is 0 Å². The summed E-state index contributed by atoms with van der Waals surface area (Å²) >= 11 is 0. The Kier molecular flexibility index (Phi) is 1.76. The van der Waals surface area contributed by atoms with Crippen LogP contribution in [0.5, 0.6) is 0 Å². The van der Waals surface area contributed by atoms with Crippen molar-refractivity contribution < 1.29 is 0 Å². The summed E-state index contributed by atoms with van der Waals surface area (Å²) in [5.74, 6) is 0. The Morgan fingerprint density at radius 3 is 1.69 bits per heavy atom. The minimum atomic E-state index is 0.485. The zero-order valence-corrected chi connectivity index (χ0v) is 9.07. The number of benzene rings is 1. The van der Waals surface area contributed by atoms with E-state index < -0.39 is 0 Å². The van der Waals surface area contributed by atoms with Gasteiger partial charge in [-0.1, -0.05) is 26.0 Å². The molecule has 1 aliphatic carbocycles. The highest BCUT2D eigenvalue weighted by atomic mass is 14.3. The molecular weight excluding hydrogens is 156 g/mol. The molecule has 2 rings (SSSR count). The van der Waals surface area contributed by atoms with Crippen LogP contribution in [0.3, 0.4) is 0 Å². The smallest absolute Gasteiger partial charge is 0.0219 e. The highest BCUT2D eigenvalue weighted by molar-refractivity contribution is 5.44. The summed E-state index contributed by atoms with van der Waals surface area (Å²) in [5, 5.41) is 0. The summed E-state index contributed by atoms with van der Waals surface area (Å²) < 4.78 is 0. The first-order chi connectivity index (χ1) is 5.99. The molecule has 0 unspecified atom stereocenters. The van der Waals surface area contributed by atoms with Gasteiger partial charge in [0.1, 0.15) is 0 Å². The van der Waals surface area contributed by atoms with Crippen LogP contribution >= 0.6 is 0 Å². The fourth-order valence-corrected chi connectivity index (χ4v) is 2.44. The van der Waals surface area contributed by atoms with E-state index in [4.69, 9.17) is 0 Å². The third-order valence-electron chi connectivity index (χ3n) is 3.21. The predicted octanol–water partition coefficient (Wildman–Crippen LogP) is 3.43. The molecule has 0 N–H and O–H groups in total. The zero-order chi connectivity index (χ0) is 9.64. The maximum absolute atomic E-state index is 2.37. The highest BCUT2D eigenvalue weighted by Crippen LogP contribution is 2.39. The van der Waals surface area contributed by atoms with Gasteiger partial charge < -0.3 is 0 Å². The van der Waals surface area contributed by atoms with Crippen LogP contribution in [-0.2, 0) is 12.8 Å². The Balaban J connectivity index is 2.56. The van der Waals surface area contributed by atoms with E-state index in [2.05, 4.69) is 39.8 Å². The van der Waals surface area contributed by atoms with Gasteiger partial charge in [-0.2, -0.15) is 0 Å². The molecule has 13 heavy (non-hydrogen) atoms. The Hall–Kier alpha value is -0.780. The number of hydrogen-bond acceptors (Lipinski definition) is 0. The lowest BCUT2D eigenvalue weighted by Crippen LogP contribution is -2.09. The lowest BCUT2D eigenvalue weighted by atomic mass is 9.90. The van der Waals surface area contributed by atoms with Crippen LogP contribution in [0.1, 0.15) is 36.1 Å². The molecule has 0 fully saturated rings. The average Bonchev–Trinajstić information content (AvgIpc) is 2.35. The number of aryl methyl sites for hydroxylation is 2. The van der Waals surface area contributed by atoms with Crippen molar-refractivity contribution >= 4 is 0 Å². The van der Waals surface area contributed by atoms with Gasteiger partial charge in [0.25, 0.3) is 0 Å².